The molecule has 0 aliphatic heterocycles. The maximum absolute atomic E-state index is 5.35. The molecule has 0 radical (unpaired) electrons. The number of hydrogen-bond donors (Lipinski definition) is 0. The standard InChI is InChI=1S/C57H38N2S/c1-57(2)49-25-14-24-46(55(49)48-31-36-17-6-7-18-37(36)33-50(48)57)42-28-29-44(41-21-10-9-20-40(41)42)52-34-51(58-56(59-52)35-15-4-3-5-16-35)43-22-11-8-19-39(43)38-27-30-54-47(32-38)45-23-12-13-26-53(45)60-54/h3-34H,1-2H3. The summed E-state index contributed by atoms with van der Waals surface area (Å²) in [6.07, 6.45) is 0. The third-order valence-electron chi connectivity index (χ3n) is 12.7. The van der Waals surface area contributed by atoms with Crippen LogP contribution in [0.1, 0.15) is 25.0 Å². The highest BCUT2D eigenvalue weighted by atomic mass is 32.1. The molecule has 0 spiro atoms. The second-order valence-electron chi connectivity index (χ2n) is 16.5. The van der Waals surface area contributed by atoms with Crippen molar-refractivity contribution in [2.75, 3.05) is 0 Å². The third-order valence-corrected chi connectivity index (χ3v) is 13.9. The number of fused-ring (bicyclic) bond motifs is 8. The molecular weight excluding hydrogens is 745 g/mol. The molecule has 0 unspecified atom stereocenters. The Morgan fingerprint density at radius 3 is 1.80 bits per heavy atom. The Morgan fingerprint density at radius 1 is 0.367 bits per heavy atom. The zero-order valence-corrected chi connectivity index (χ0v) is 34.1. The van der Waals surface area contributed by atoms with Crippen molar-refractivity contribution in [3.8, 4) is 67.3 Å². The molecule has 9 aromatic carbocycles. The van der Waals surface area contributed by atoms with E-state index in [-0.39, 0.29) is 5.41 Å². The van der Waals surface area contributed by atoms with Crippen LogP contribution in [0, 0.1) is 0 Å². The van der Waals surface area contributed by atoms with E-state index in [9.17, 15) is 0 Å². The van der Waals surface area contributed by atoms with E-state index in [1.54, 1.807) is 0 Å². The predicted octanol–water partition coefficient (Wildman–Crippen LogP) is 15.8. The fourth-order valence-corrected chi connectivity index (χ4v) is 10.8. The molecule has 2 heterocycles. The molecule has 0 saturated heterocycles. The Kier molecular flexibility index (Phi) is 7.79. The van der Waals surface area contributed by atoms with Gasteiger partial charge < -0.3 is 0 Å². The molecule has 2 aromatic heterocycles. The average molecular weight is 783 g/mol. The van der Waals surface area contributed by atoms with Crippen molar-refractivity contribution in [2.24, 2.45) is 0 Å². The fourth-order valence-electron chi connectivity index (χ4n) is 9.75. The van der Waals surface area contributed by atoms with Gasteiger partial charge in [0.05, 0.1) is 11.4 Å². The van der Waals surface area contributed by atoms with Gasteiger partial charge >= 0.3 is 0 Å². The van der Waals surface area contributed by atoms with E-state index in [4.69, 9.17) is 9.97 Å². The van der Waals surface area contributed by atoms with E-state index in [1.165, 1.54) is 75.3 Å². The molecule has 282 valence electrons. The van der Waals surface area contributed by atoms with Gasteiger partial charge in [-0.25, -0.2) is 9.97 Å². The fraction of sp³-hybridized carbons (Fsp3) is 0.0526. The number of rotatable bonds is 5. The topological polar surface area (TPSA) is 25.8 Å². The smallest absolute Gasteiger partial charge is 0.160 e. The van der Waals surface area contributed by atoms with E-state index < -0.39 is 0 Å². The lowest BCUT2D eigenvalue weighted by molar-refractivity contribution is 0.661. The van der Waals surface area contributed by atoms with Crippen molar-refractivity contribution in [1.29, 1.82) is 0 Å². The molecule has 12 rings (SSSR count). The highest BCUT2D eigenvalue weighted by Crippen LogP contribution is 2.54. The maximum Gasteiger partial charge on any atom is 0.160 e. The second-order valence-corrected chi connectivity index (χ2v) is 17.6. The zero-order valence-electron chi connectivity index (χ0n) is 33.3. The first-order chi connectivity index (χ1) is 29.5. The molecule has 1 aliphatic carbocycles. The SMILES string of the molecule is CC1(C)c2cc3ccccc3cc2-c2c(-c3ccc(-c4cc(-c5ccccc5-c5ccc6sc7ccccc7c6c5)nc(-c5ccccc5)n4)c4ccccc34)cccc21. The third kappa shape index (κ3) is 5.40. The molecule has 0 bridgehead atoms. The summed E-state index contributed by atoms with van der Waals surface area (Å²) in [6, 6.07) is 70.7. The van der Waals surface area contributed by atoms with Crippen LogP contribution in [0.15, 0.2) is 194 Å². The van der Waals surface area contributed by atoms with Crippen LogP contribution in [0.4, 0.5) is 0 Å². The van der Waals surface area contributed by atoms with Crippen LogP contribution < -0.4 is 0 Å². The molecule has 60 heavy (non-hydrogen) atoms. The van der Waals surface area contributed by atoms with Crippen molar-refractivity contribution in [3.63, 3.8) is 0 Å². The molecule has 2 nitrogen and oxygen atoms in total. The van der Waals surface area contributed by atoms with Crippen molar-refractivity contribution in [2.45, 2.75) is 19.3 Å². The Morgan fingerprint density at radius 2 is 0.983 bits per heavy atom. The predicted molar refractivity (Wildman–Crippen MR) is 255 cm³/mol. The van der Waals surface area contributed by atoms with Crippen molar-refractivity contribution >= 4 is 53.1 Å². The maximum atomic E-state index is 5.35. The average Bonchev–Trinajstić information content (AvgIpc) is 3.79. The van der Waals surface area contributed by atoms with E-state index in [2.05, 4.69) is 202 Å². The van der Waals surface area contributed by atoms with E-state index in [0.717, 1.165) is 39.0 Å². The van der Waals surface area contributed by atoms with E-state index in [1.807, 2.05) is 17.4 Å². The molecule has 0 fully saturated rings. The minimum atomic E-state index is -0.120. The van der Waals surface area contributed by atoms with E-state index in [0.29, 0.717) is 5.82 Å². The summed E-state index contributed by atoms with van der Waals surface area (Å²) in [5, 5.41) is 7.50. The molecule has 0 amide bonds. The molecule has 0 saturated carbocycles. The minimum Gasteiger partial charge on any atom is -0.228 e. The lowest BCUT2D eigenvalue weighted by atomic mass is 9.81. The zero-order chi connectivity index (χ0) is 40.0. The lowest BCUT2D eigenvalue weighted by Gasteiger charge is -2.22. The molecule has 1 aliphatic rings. The van der Waals surface area contributed by atoms with Crippen LogP contribution in [0.5, 0.6) is 0 Å². The minimum absolute atomic E-state index is 0.120. The van der Waals surface area contributed by atoms with Gasteiger partial charge in [-0.05, 0) is 102 Å². The number of nitrogens with zero attached hydrogens (tertiary/aromatic N) is 2. The van der Waals surface area contributed by atoms with Gasteiger partial charge in [0.15, 0.2) is 5.82 Å². The van der Waals surface area contributed by atoms with Crippen LogP contribution in [0.2, 0.25) is 0 Å². The summed E-state index contributed by atoms with van der Waals surface area (Å²) < 4.78 is 2.60. The van der Waals surface area contributed by atoms with Gasteiger partial charge in [-0.15, -0.1) is 11.3 Å². The summed E-state index contributed by atoms with van der Waals surface area (Å²) in [5.74, 6) is 0.706. The van der Waals surface area contributed by atoms with Gasteiger partial charge in [0.25, 0.3) is 0 Å². The number of aromatic nitrogens is 2. The first kappa shape index (κ1) is 34.8. The van der Waals surface area contributed by atoms with Gasteiger partial charge in [0.1, 0.15) is 0 Å². The Balaban J connectivity index is 1.05. The van der Waals surface area contributed by atoms with Crippen molar-refractivity contribution < 1.29 is 0 Å². The Labute approximate surface area is 353 Å². The van der Waals surface area contributed by atoms with Crippen molar-refractivity contribution in [1.82, 2.24) is 9.97 Å². The Hall–Kier alpha value is -7.20. The number of benzene rings is 9. The van der Waals surface area contributed by atoms with Gasteiger partial charge in [0.2, 0.25) is 0 Å². The highest BCUT2D eigenvalue weighted by molar-refractivity contribution is 7.25. The van der Waals surface area contributed by atoms with Crippen LogP contribution in [0.3, 0.4) is 0 Å². The van der Waals surface area contributed by atoms with Crippen LogP contribution in [-0.2, 0) is 5.41 Å². The van der Waals surface area contributed by atoms with Crippen LogP contribution in [0.25, 0.3) is 109 Å². The molecule has 0 atom stereocenters. The molecule has 3 heteroatoms. The van der Waals surface area contributed by atoms with Gasteiger partial charge in [-0.2, -0.15) is 0 Å². The number of thiophene rings is 1. The van der Waals surface area contributed by atoms with Crippen LogP contribution >= 0.6 is 11.3 Å². The van der Waals surface area contributed by atoms with Gasteiger partial charge in [-0.1, -0.05) is 172 Å². The largest absolute Gasteiger partial charge is 0.228 e. The molecule has 11 aromatic rings. The summed E-state index contributed by atoms with van der Waals surface area (Å²) in [5.41, 5.74) is 15.0. The van der Waals surface area contributed by atoms with E-state index >= 15 is 0 Å². The lowest BCUT2D eigenvalue weighted by Crippen LogP contribution is -2.14. The second kappa shape index (κ2) is 13.4. The summed E-state index contributed by atoms with van der Waals surface area (Å²) in [6.45, 7) is 4.74. The van der Waals surface area contributed by atoms with Crippen molar-refractivity contribution in [3.05, 3.63) is 205 Å². The molecular formula is C57H38N2S. The highest BCUT2D eigenvalue weighted by Gasteiger charge is 2.37. The van der Waals surface area contributed by atoms with Gasteiger partial charge in [0, 0.05) is 42.3 Å². The summed E-state index contributed by atoms with van der Waals surface area (Å²) >= 11 is 1.85. The number of hydrogen-bond acceptors (Lipinski definition) is 3. The summed E-state index contributed by atoms with van der Waals surface area (Å²) in [4.78, 5) is 10.7. The van der Waals surface area contributed by atoms with Gasteiger partial charge in [-0.3, -0.25) is 0 Å². The normalized spacial score (nSPS) is 13.0. The quantitative estimate of drug-likeness (QED) is 0.174. The van der Waals surface area contributed by atoms with Crippen LogP contribution in [-0.4, -0.2) is 9.97 Å². The summed E-state index contributed by atoms with van der Waals surface area (Å²) in [7, 11) is 0. The first-order valence-electron chi connectivity index (χ1n) is 20.6. The Bertz CT molecular complexity index is 3520. The molecule has 0 N–H and O–H groups in total. The monoisotopic (exact) mass is 782 g/mol. The first-order valence-corrected chi connectivity index (χ1v) is 21.5.